The van der Waals surface area contributed by atoms with Crippen molar-refractivity contribution in [1.29, 1.82) is 0 Å². The highest BCUT2D eigenvalue weighted by atomic mass is 16.5. The molecule has 0 bridgehead atoms. The number of carbonyl (C=O) groups excluding carboxylic acids is 1. The summed E-state index contributed by atoms with van der Waals surface area (Å²) in [7, 11) is 4.83. The predicted molar refractivity (Wildman–Crippen MR) is 100 cm³/mol. The molecule has 4 rings (SSSR count). The molecule has 0 unspecified atom stereocenters. The number of aromatic nitrogens is 1. The molecule has 1 saturated heterocycles. The Kier molecular flexibility index (Phi) is 3.95. The Morgan fingerprint density at radius 3 is 2.27 bits per heavy atom. The van der Waals surface area contributed by atoms with Crippen LogP contribution in [0.4, 0.5) is 5.69 Å². The summed E-state index contributed by atoms with van der Waals surface area (Å²) in [4.78, 5) is 18.4. The molecule has 1 aliphatic heterocycles. The van der Waals surface area contributed by atoms with Gasteiger partial charge in [-0.05, 0) is 24.3 Å². The van der Waals surface area contributed by atoms with Gasteiger partial charge in [0.15, 0.2) is 5.78 Å². The molecule has 6 heteroatoms. The molecule has 26 heavy (non-hydrogen) atoms. The molecule has 1 fully saturated rings. The number of carbonyl (C=O) groups is 1. The van der Waals surface area contributed by atoms with Crippen LogP contribution in [0.2, 0.25) is 0 Å². The molecule has 3 aromatic rings. The van der Waals surface area contributed by atoms with Gasteiger partial charge in [-0.25, -0.2) is 0 Å². The Morgan fingerprint density at radius 1 is 1.00 bits per heavy atom. The van der Waals surface area contributed by atoms with Gasteiger partial charge in [-0.2, -0.15) is 0 Å². The lowest BCUT2D eigenvalue weighted by Gasteiger charge is -2.15. The van der Waals surface area contributed by atoms with E-state index in [1.165, 1.54) is 0 Å². The highest BCUT2D eigenvalue weighted by Crippen LogP contribution is 2.42. The molecule has 134 valence electrons. The Hall–Kier alpha value is -3.15. The number of aromatic amines is 1. The summed E-state index contributed by atoms with van der Waals surface area (Å²) >= 11 is 0. The van der Waals surface area contributed by atoms with Crippen LogP contribution in [-0.2, 0) is 0 Å². The van der Waals surface area contributed by atoms with E-state index in [4.69, 9.17) is 14.2 Å². The molecule has 0 radical (unpaired) electrons. The zero-order valence-corrected chi connectivity index (χ0v) is 15.0. The Bertz CT molecular complexity index is 964. The highest BCUT2D eigenvalue weighted by Gasteiger charge is 2.28. The summed E-state index contributed by atoms with van der Waals surface area (Å²) in [5, 5.41) is 0.851. The number of hydrogen-bond donors (Lipinski definition) is 1. The first-order valence-corrected chi connectivity index (χ1v) is 8.37. The van der Waals surface area contributed by atoms with Gasteiger partial charge >= 0.3 is 0 Å². The number of H-pyrrole nitrogens is 1. The summed E-state index contributed by atoms with van der Waals surface area (Å²) in [6.07, 6.45) is 1.73. The van der Waals surface area contributed by atoms with Crippen molar-refractivity contribution in [2.24, 2.45) is 0 Å². The van der Waals surface area contributed by atoms with E-state index in [2.05, 4.69) is 9.88 Å². The molecule has 1 aliphatic rings. The first-order chi connectivity index (χ1) is 12.7. The number of anilines is 1. The number of fused-ring (bicyclic) bond motifs is 1. The molecule has 2 aromatic carbocycles. The lowest BCUT2D eigenvalue weighted by molar-refractivity contribution is 0.103. The average molecular weight is 352 g/mol. The molecule has 6 nitrogen and oxygen atoms in total. The third-order valence-electron chi connectivity index (χ3n) is 4.64. The monoisotopic (exact) mass is 352 g/mol. The first-order valence-electron chi connectivity index (χ1n) is 8.37. The van der Waals surface area contributed by atoms with Gasteiger partial charge in [0.05, 0.1) is 21.3 Å². The van der Waals surface area contributed by atoms with Crippen LogP contribution in [0.25, 0.3) is 10.9 Å². The van der Waals surface area contributed by atoms with E-state index in [1.54, 1.807) is 39.7 Å². The van der Waals surface area contributed by atoms with E-state index >= 15 is 0 Å². The van der Waals surface area contributed by atoms with Gasteiger partial charge in [0.25, 0.3) is 0 Å². The summed E-state index contributed by atoms with van der Waals surface area (Å²) in [6, 6.07) is 9.16. The van der Waals surface area contributed by atoms with Crippen LogP contribution in [0, 0.1) is 0 Å². The van der Waals surface area contributed by atoms with E-state index < -0.39 is 0 Å². The van der Waals surface area contributed by atoms with Gasteiger partial charge in [0, 0.05) is 47.4 Å². The number of methoxy groups -OCH3 is 3. The summed E-state index contributed by atoms with van der Waals surface area (Å²) in [5.41, 5.74) is 2.88. The van der Waals surface area contributed by atoms with Crippen molar-refractivity contribution in [2.45, 2.75) is 0 Å². The molecular weight excluding hydrogens is 332 g/mol. The molecule has 0 saturated carbocycles. The van der Waals surface area contributed by atoms with Crippen LogP contribution >= 0.6 is 0 Å². The maximum Gasteiger partial charge on any atom is 0.195 e. The Balaban J connectivity index is 1.79. The number of ketones is 1. The predicted octanol–water partition coefficient (Wildman–Crippen LogP) is 3.24. The van der Waals surface area contributed by atoms with Crippen molar-refractivity contribution in [3.05, 3.63) is 47.7 Å². The molecule has 0 aliphatic carbocycles. The van der Waals surface area contributed by atoms with Crippen LogP contribution in [0.1, 0.15) is 15.9 Å². The second-order valence-electron chi connectivity index (χ2n) is 6.16. The normalized spacial score (nSPS) is 13.0. The van der Waals surface area contributed by atoms with Gasteiger partial charge in [-0.3, -0.25) is 4.79 Å². The fourth-order valence-electron chi connectivity index (χ4n) is 3.19. The van der Waals surface area contributed by atoms with E-state index in [0.29, 0.717) is 22.6 Å². The topological polar surface area (TPSA) is 63.6 Å². The molecule has 0 amide bonds. The number of benzene rings is 2. The van der Waals surface area contributed by atoms with Crippen molar-refractivity contribution in [3.63, 3.8) is 0 Å². The van der Waals surface area contributed by atoms with Crippen molar-refractivity contribution >= 4 is 22.4 Å². The Morgan fingerprint density at radius 2 is 1.69 bits per heavy atom. The van der Waals surface area contributed by atoms with Crippen LogP contribution < -0.4 is 19.1 Å². The third-order valence-corrected chi connectivity index (χ3v) is 4.64. The van der Waals surface area contributed by atoms with Gasteiger partial charge in [0.2, 0.25) is 0 Å². The van der Waals surface area contributed by atoms with Gasteiger partial charge in [-0.15, -0.1) is 0 Å². The van der Waals surface area contributed by atoms with Crippen molar-refractivity contribution < 1.29 is 19.0 Å². The zero-order chi connectivity index (χ0) is 18.3. The Labute approximate surface area is 151 Å². The summed E-state index contributed by atoms with van der Waals surface area (Å²) in [6.45, 7) is 1.93. The maximum atomic E-state index is 13.1. The molecule has 0 atom stereocenters. The number of hydrogen-bond acceptors (Lipinski definition) is 5. The largest absolute Gasteiger partial charge is 0.497 e. The number of nitrogens with zero attached hydrogens (tertiary/aromatic N) is 1. The molecule has 2 heterocycles. The number of nitrogens with one attached hydrogen (secondary N) is 1. The van der Waals surface area contributed by atoms with E-state index in [9.17, 15) is 4.79 Å². The average Bonchev–Trinajstić information content (AvgIpc) is 3.44. The first kappa shape index (κ1) is 16.3. The van der Waals surface area contributed by atoms with Crippen molar-refractivity contribution in [2.75, 3.05) is 39.3 Å². The van der Waals surface area contributed by atoms with Crippen molar-refractivity contribution in [3.8, 4) is 17.2 Å². The fourth-order valence-corrected chi connectivity index (χ4v) is 3.19. The second kappa shape index (κ2) is 6.29. The third kappa shape index (κ3) is 2.63. The fraction of sp³-hybridized carbons (Fsp3) is 0.250. The van der Waals surface area contributed by atoms with E-state index in [-0.39, 0.29) is 5.78 Å². The summed E-state index contributed by atoms with van der Waals surface area (Å²) in [5.74, 6) is 1.94. The van der Waals surface area contributed by atoms with Crippen molar-refractivity contribution in [1.82, 2.24) is 4.98 Å². The van der Waals surface area contributed by atoms with Gasteiger partial charge in [0.1, 0.15) is 22.9 Å². The maximum absolute atomic E-state index is 13.1. The van der Waals surface area contributed by atoms with Crippen LogP contribution in [0.3, 0.4) is 0 Å². The summed E-state index contributed by atoms with van der Waals surface area (Å²) < 4.78 is 16.3. The number of ether oxygens (including phenoxy) is 3. The highest BCUT2D eigenvalue weighted by molar-refractivity contribution is 6.17. The van der Waals surface area contributed by atoms with Gasteiger partial charge in [-0.1, -0.05) is 0 Å². The van der Waals surface area contributed by atoms with Crippen LogP contribution in [-0.4, -0.2) is 45.2 Å². The minimum Gasteiger partial charge on any atom is -0.497 e. The lowest BCUT2D eigenvalue weighted by Crippen LogP contribution is -2.05. The minimum absolute atomic E-state index is 0.0876. The van der Waals surface area contributed by atoms with Crippen LogP contribution in [0.5, 0.6) is 17.2 Å². The van der Waals surface area contributed by atoms with Crippen LogP contribution in [0.15, 0.2) is 36.5 Å². The quantitative estimate of drug-likeness (QED) is 0.545. The SMILES string of the molecule is COc1ccc2c(C(=O)c3cc(OC)c(N4CC4)c(OC)c3)c[nH]c2c1. The molecule has 1 aromatic heterocycles. The van der Waals surface area contributed by atoms with E-state index in [0.717, 1.165) is 35.4 Å². The molecular formula is C20H20N2O4. The number of rotatable bonds is 6. The minimum atomic E-state index is -0.0876. The smallest absolute Gasteiger partial charge is 0.195 e. The zero-order valence-electron chi connectivity index (χ0n) is 15.0. The lowest BCUT2D eigenvalue weighted by atomic mass is 10.0. The standard InChI is InChI=1S/C20H20N2O4/c1-24-13-4-5-14-15(11-21-16(14)10-13)20(23)12-8-17(25-2)19(22-6-7-22)18(9-12)26-3/h4-5,8-11,21H,6-7H2,1-3H3. The second-order valence-corrected chi connectivity index (χ2v) is 6.16. The molecule has 0 spiro atoms. The molecule has 1 N–H and O–H groups in total. The van der Waals surface area contributed by atoms with Gasteiger partial charge < -0.3 is 24.1 Å². The van der Waals surface area contributed by atoms with E-state index in [1.807, 2.05) is 18.2 Å².